The van der Waals surface area contributed by atoms with Gasteiger partial charge in [-0.05, 0) is 43.4 Å². The molecule has 0 amide bonds. The fourth-order valence-electron chi connectivity index (χ4n) is 2.08. The number of ether oxygens (including phenoxy) is 2. The second-order valence-electron chi connectivity index (χ2n) is 6.42. The van der Waals surface area contributed by atoms with Gasteiger partial charge >= 0.3 is 11.7 Å². The van der Waals surface area contributed by atoms with Crippen molar-refractivity contribution in [2.24, 2.45) is 5.41 Å². The molecule has 128 valence electrons. The van der Waals surface area contributed by atoms with Gasteiger partial charge in [0, 0.05) is 12.6 Å². The van der Waals surface area contributed by atoms with Crippen molar-refractivity contribution >= 4 is 28.6 Å². The highest BCUT2D eigenvalue weighted by atomic mass is 127. The van der Waals surface area contributed by atoms with Crippen LogP contribution in [0.5, 0.6) is 0 Å². The normalized spacial score (nSPS) is 24.7. The minimum Gasteiger partial charge on any atom is -0.462 e. The Bertz CT molecular complexity index is 704. The summed E-state index contributed by atoms with van der Waals surface area (Å²) in [5, 5.41) is 10.0. The summed E-state index contributed by atoms with van der Waals surface area (Å²) in [4.78, 5) is 37.2. The molecule has 0 saturated carbocycles. The van der Waals surface area contributed by atoms with Crippen LogP contribution in [-0.2, 0) is 14.3 Å². The Balaban J connectivity index is 2.07. The number of halogens is 1. The third-order valence-electron chi connectivity index (χ3n) is 3.43. The van der Waals surface area contributed by atoms with Gasteiger partial charge in [0.1, 0.15) is 18.9 Å². The number of aromatic amines is 1. The lowest BCUT2D eigenvalue weighted by molar-refractivity contribution is -0.159. The smallest absolute Gasteiger partial charge is 0.330 e. The van der Waals surface area contributed by atoms with Crippen molar-refractivity contribution in [2.75, 3.05) is 6.61 Å². The lowest BCUT2D eigenvalue weighted by atomic mass is 9.97. The predicted octanol–water partition coefficient (Wildman–Crippen LogP) is 0.379. The SMILES string of the molecule is CC(C)(C)C(=O)OC[C@H]1O[C@@H](n2cc(I)c(=O)[nH]c2=O)C[C@@H]1O. The number of hydrogen-bond donors (Lipinski definition) is 2. The number of nitrogens with one attached hydrogen (secondary N) is 1. The fourth-order valence-corrected chi connectivity index (χ4v) is 2.52. The summed E-state index contributed by atoms with van der Waals surface area (Å²) in [6.07, 6.45) is -0.768. The maximum Gasteiger partial charge on any atom is 0.330 e. The molecule has 0 unspecified atom stereocenters. The van der Waals surface area contributed by atoms with Crippen LogP contribution in [0.4, 0.5) is 0 Å². The number of aromatic nitrogens is 2. The monoisotopic (exact) mass is 438 g/mol. The molecular weight excluding hydrogens is 419 g/mol. The molecule has 1 aliphatic heterocycles. The van der Waals surface area contributed by atoms with Gasteiger partial charge in [-0.3, -0.25) is 19.1 Å². The fraction of sp³-hybridized carbons (Fsp3) is 0.643. The molecule has 1 fully saturated rings. The molecule has 2 rings (SSSR count). The maximum absolute atomic E-state index is 11.8. The second-order valence-corrected chi connectivity index (χ2v) is 7.59. The molecule has 1 aromatic heterocycles. The Kier molecular flexibility index (Phi) is 5.31. The first-order valence-corrected chi connectivity index (χ1v) is 8.19. The van der Waals surface area contributed by atoms with E-state index in [0.29, 0.717) is 3.57 Å². The Hall–Kier alpha value is -1.20. The van der Waals surface area contributed by atoms with Gasteiger partial charge in [0.05, 0.1) is 15.1 Å². The van der Waals surface area contributed by atoms with Crippen LogP contribution in [-0.4, -0.2) is 39.4 Å². The average molecular weight is 438 g/mol. The average Bonchev–Trinajstić information content (AvgIpc) is 2.80. The first-order chi connectivity index (χ1) is 10.6. The second kappa shape index (κ2) is 6.73. The highest BCUT2D eigenvalue weighted by Crippen LogP contribution is 2.28. The molecule has 2 N–H and O–H groups in total. The topological polar surface area (TPSA) is 111 Å². The van der Waals surface area contributed by atoms with E-state index in [-0.39, 0.29) is 13.0 Å². The Morgan fingerprint density at radius 1 is 1.52 bits per heavy atom. The van der Waals surface area contributed by atoms with E-state index in [2.05, 4.69) is 4.98 Å². The van der Waals surface area contributed by atoms with Gasteiger partial charge in [0.25, 0.3) is 5.56 Å². The van der Waals surface area contributed by atoms with Crippen LogP contribution in [0, 0.1) is 8.99 Å². The highest BCUT2D eigenvalue weighted by molar-refractivity contribution is 14.1. The molecule has 23 heavy (non-hydrogen) atoms. The maximum atomic E-state index is 11.8. The molecule has 0 spiro atoms. The first kappa shape index (κ1) is 18.1. The molecule has 1 aliphatic rings. The van der Waals surface area contributed by atoms with E-state index in [9.17, 15) is 19.5 Å². The van der Waals surface area contributed by atoms with E-state index in [1.54, 1.807) is 43.4 Å². The zero-order chi connectivity index (χ0) is 17.4. The zero-order valence-corrected chi connectivity index (χ0v) is 15.2. The van der Waals surface area contributed by atoms with Crippen molar-refractivity contribution < 1.29 is 19.4 Å². The van der Waals surface area contributed by atoms with Crippen LogP contribution in [0.15, 0.2) is 15.8 Å². The van der Waals surface area contributed by atoms with Crippen LogP contribution in [0.3, 0.4) is 0 Å². The summed E-state index contributed by atoms with van der Waals surface area (Å²) >= 11 is 1.81. The van der Waals surface area contributed by atoms with Crippen LogP contribution in [0.1, 0.15) is 33.4 Å². The highest BCUT2D eigenvalue weighted by Gasteiger charge is 2.37. The third-order valence-corrected chi connectivity index (χ3v) is 4.20. The lowest BCUT2D eigenvalue weighted by Gasteiger charge is -2.20. The standard InChI is InChI=1S/C14H19IN2O6/c1-14(2,3)12(20)22-6-9-8(18)4-10(23-9)17-5-7(15)11(19)16-13(17)21/h5,8-10,18H,4,6H2,1-3H3,(H,16,19,21)/t8-,9+,10+/m0/s1. The molecule has 1 saturated heterocycles. The Morgan fingerprint density at radius 2 is 2.17 bits per heavy atom. The van der Waals surface area contributed by atoms with Crippen molar-refractivity contribution in [1.82, 2.24) is 9.55 Å². The number of aliphatic hydroxyl groups excluding tert-OH is 1. The van der Waals surface area contributed by atoms with Gasteiger partial charge < -0.3 is 14.6 Å². The summed E-state index contributed by atoms with van der Waals surface area (Å²) in [7, 11) is 0. The molecule has 8 nitrogen and oxygen atoms in total. The van der Waals surface area contributed by atoms with Gasteiger partial charge in [0.2, 0.25) is 0 Å². The van der Waals surface area contributed by atoms with Crippen molar-refractivity contribution in [3.8, 4) is 0 Å². The number of nitrogens with zero attached hydrogens (tertiary/aromatic N) is 1. The van der Waals surface area contributed by atoms with Gasteiger partial charge in [-0.2, -0.15) is 0 Å². The van der Waals surface area contributed by atoms with Gasteiger partial charge in [-0.15, -0.1) is 0 Å². The molecule has 0 radical (unpaired) electrons. The number of esters is 1. The summed E-state index contributed by atoms with van der Waals surface area (Å²) in [6.45, 7) is 5.09. The molecule has 0 bridgehead atoms. The van der Waals surface area contributed by atoms with Crippen LogP contribution < -0.4 is 11.2 Å². The van der Waals surface area contributed by atoms with Crippen LogP contribution in [0.25, 0.3) is 0 Å². The van der Waals surface area contributed by atoms with E-state index in [1.807, 2.05) is 0 Å². The largest absolute Gasteiger partial charge is 0.462 e. The number of carbonyl (C=O) groups is 1. The number of carbonyl (C=O) groups excluding carboxylic acids is 1. The van der Waals surface area contributed by atoms with E-state index in [0.717, 1.165) is 0 Å². The van der Waals surface area contributed by atoms with Crippen molar-refractivity contribution in [3.05, 3.63) is 30.6 Å². The molecule has 1 aromatic rings. The Labute approximate surface area is 145 Å². The van der Waals surface area contributed by atoms with Crippen molar-refractivity contribution in [2.45, 2.75) is 45.6 Å². The number of aliphatic hydroxyl groups is 1. The number of hydrogen-bond acceptors (Lipinski definition) is 6. The number of H-pyrrole nitrogens is 1. The molecule has 3 atom stereocenters. The van der Waals surface area contributed by atoms with Crippen molar-refractivity contribution in [3.63, 3.8) is 0 Å². The van der Waals surface area contributed by atoms with E-state index in [1.165, 1.54) is 10.8 Å². The Morgan fingerprint density at radius 3 is 2.78 bits per heavy atom. The molecule has 0 aromatic carbocycles. The summed E-state index contributed by atoms with van der Waals surface area (Å²) < 4.78 is 12.3. The van der Waals surface area contributed by atoms with E-state index < -0.39 is 41.1 Å². The lowest BCUT2D eigenvalue weighted by Crippen LogP contribution is -2.34. The minimum atomic E-state index is -0.871. The molecular formula is C14H19IN2O6. The first-order valence-electron chi connectivity index (χ1n) is 7.11. The van der Waals surface area contributed by atoms with Gasteiger partial charge in [-0.1, -0.05) is 0 Å². The predicted molar refractivity (Wildman–Crippen MR) is 89.0 cm³/mol. The van der Waals surface area contributed by atoms with Gasteiger partial charge in [-0.25, -0.2) is 4.79 Å². The van der Waals surface area contributed by atoms with Gasteiger partial charge in [0.15, 0.2) is 0 Å². The van der Waals surface area contributed by atoms with Crippen LogP contribution in [0.2, 0.25) is 0 Å². The van der Waals surface area contributed by atoms with Crippen LogP contribution >= 0.6 is 22.6 Å². The molecule has 0 aliphatic carbocycles. The zero-order valence-electron chi connectivity index (χ0n) is 13.0. The summed E-state index contributed by atoms with van der Waals surface area (Å²) in [5.74, 6) is -0.396. The number of rotatable bonds is 3. The minimum absolute atomic E-state index is 0.0943. The molecule has 2 heterocycles. The van der Waals surface area contributed by atoms with E-state index in [4.69, 9.17) is 9.47 Å². The molecule has 9 heteroatoms. The van der Waals surface area contributed by atoms with E-state index >= 15 is 0 Å². The summed E-state index contributed by atoms with van der Waals surface area (Å²) in [6, 6.07) is 0. The summed E-state index contributed by atoms with van der Waals surface area (Å²) in [5.41, 5.74) is -1.73. The quantitative estimate of drug-likeness (QED) is 0.522. The van der Waals surface area contributed by atoms with Crippen molar-refractivity contribution in [1.29, 1.82) is 0 Å². The third kappa shape index (κ3) is 4.21.